The highest BCUT2D eigenvalue weighted by Gasteiger charge is 2.30. The summed E-state index contributed by atoms with van der Waals surface area (Å²) < 4.78 is 0. The van der Waals surface area contributed by atoms with Crippen LogP contribution in [0.15, 0.2) is 4.99 Å². The van der Waals surface area contributed by atoms with Gasteiger partial charge in [0.1, 0.15) is 18.1 Å². The second-order valence-electron chi connectivity index (χ2n) is 9.14. The molecule has 38 heavy (non-hydrogen) atoms. The zero-order chi connectivity index (χ0) is 29.4. The molecule has 4 atom stereocenters. The minimum absolute atomic E-state index is 0.0468. The topological polar surface area (TPSA) is 295 Å². The van der Waals surface area contributed by atoms with Crippen LogP contribution in [0.25, 0.3) is 0 Å². The van der Waals surface area contributed by atoms with Gasteiger partial charge in [-0.3, -0.25) is 29.0 Å². The molecule has 13 N–H and O–H groups in total. The second-order valence-corrected chi connectivity index (χ2v) is 9.14. The Morgan fingerprint density at radius 2 is 1.32 bits per heavy atom. The molecule has 0 aromatic rings. The maximum Gasteiger partial charge on any atom is 0.326 e. The number of hydrogen-bond donors (Lipinski definition) is 9. The highest BCUT2D eigenvalue weighted by atomic mass is 16.4. The molecule has 216 valence electrons. The normalized spacial score (nSPS) is 13.9. The molecular formula is C22H40N8O8. The van der Waals surface area contributed by atoms with Gasteiger partial charge in [0.15, 0.2) is 5.96 Å². The summed E-state index contributed by atoms with van der Waals surface area (Å²) in [4.78, 5) is 75.6. The number of rotatable bonds is 19. The van der Waals surface area contributed by atoms with Gasteiger partial charge in [0.05, 0.1) is 6.04 Å². The minimum atomic E-state index is -1.48. The van der Waals surface area contributed by atoms with Gasteiger partial charge in [-0.2, -0.15) is 0 Å². The number of guanidine groups is 1. The van der Waals surface area contributed by atoms with E-state index in [0.717, 1.165) is 0 Å². The first-order chi connectivity index (χ1) is 17.6. The number of amides is 4. The summed E-state index contributed by atoms with van der Waals surface area (Å²) in [6.07, 6.45) is -0.583. The van der Waals surface area contributed by atoms with Gasteiger partial charge in [0, 0.05) is 19.4 Å². The number of aliphatic carboxylic acids is 2. The third-order valence-corrected chi connectivity index (χ3v) is 5.22. The maximum absolute atomic E-state index is 13.1. The molecule has 0 radical (unpaired) electrons. The van der Waals surface area contributed by atoms with Crippen molar-refractivity contribution >= 4 is 41.5 Å². The number of carboxylic acids is 2. The largest absolute Gasteiger partial charge is 0.481 e. The predicted octanol–water partition coefficient (Wildman–Crippen LogP) is -2.92. The number of aliphatic imine (C=N–C) groups is 1. The molecule has 0 saturated carbocycles. The molecule has 0 heterocycles. The molecule has 16 nitrogen and oxygen atoms in total. The van der Waals surface area contributed by atoms with E-state index < -0.39 is 66.2 Å². The molecule has 0 aromatic carbocycles. The van der Waals surface area contributed by atoms with Crippen molar-refractivity contribution in [2.45, 2.75) is 83.0 Å². The van der Waals surface area contributed by atoms with Gasteiger partial charge in [0.25, 0.3) is 0 Å². The quantitative estimate of drug-likeness (QED) is 0.0450. The highest BCUT2D eigenvalue weighted by molar-refractivity contribution is 5.94. The standard InChI is InChI=1S/C22H40N8O8/c1-11(2)10-15(20(36)29-14(21(37)38)6-8-17(32)33)30-19(35)13(4-3-9-27-22(25)26)28-18(34)12(23)5-7-16(24)31/h11-15H,3-10,23H2,1-2H3,(H2,24,31)(H,28,34)(H,29,36)(H,30,35)(H,32,33)(H,37,38)(H4,25,26,27). The molecule has 0 spiro atoms. The lowest BCUT2D eigenvalue weighted by molar-refractivity contribution is -0.143. The smallest absolute Gasteiger partial charge is 0.326 e. The fourth-order valence-corrected chi connectivity index (χ4v) is 3.25. The van der Waals surface area contributed by atoms with E-state index in [1.54, 1.807) is 13.8 Å². The Labute approximate surface area is 220 Å². The third kappa shape index (κ3) is 15.2. The molecule has 0 rings (SSSR count). The van der Waals surface area contributed by atoms with Crippen molar-refractivity contribution in [2.75, 3.05) is 6.54 Å². The number of carbonyl (C=O) groups excluding carboxylic acids is 4. The summed E-state index contributed by atoms with van der Waals surface area (Å²) in [5, 5.41) is 25.4. The van der Waals surface area contributed by atoms with Gasteiger partial charge in [-0.25, -0.2) is 4.79 Å². The zero-order valence-electron chi connectivity index (χ0n) is 21.6. The van der Waals surface area contributed by atoms with E-state index in [0.29, 0.717) is 0 Å². The average molecular weight is 545 g/mol. The lowest BCUT2D eigenvalue weighted by Gasteiger charge is -2.26. The lowest BCUT2D eigenvalue weighted by Crippen LogP contribution is -2.57. The van der Waals surface area contributed by atoms with Crippen LogP contribution in [-0.4, -0.2) is 82.5 Å². The van der Waals surface area contributed by atoms with E-state index in [9.17, 15) is 33.9 Å². The second kappa shape index (κ2) is 17.5. The van der Waals surface area contributed by atoms with Crippen molar-refractivity contribution in [2.24, 2.45) is 33.8 Å². The summed E-state index contributed by atoms with van der Waals surface area (Å²) >= 11 is 0. The van der Waals surface area contributed by atoms with Crippen LogP contribution in [0, 0.1) is 5.92 Å². The number of hydrogen-bond acceptors (Lipinski definition) is 8. The summed E-state index contributed by atoms with van der Waals surface area (Å²) in [5.74, 6) is -5.87. The predicted molar refractivity (Wildman–Crippen MR) is 136 cm³/mol. The van der Waals surface area contributed by atoms with Crippen molar-refractivity contribution in [1.82, 2.24) is 16.0 Å². The summed E-state index contributed by atoms with van der Waals surface area (Å²) in [5.41, 5.74) is 21.5. The number of carbonyl (C=O) groups is 6. The summed E-state index contributed by atoms with van der Waals surface area (Å²) in [7, 11) is 0. The molecule has 4 amide bonds. The molecule has 4 unspecified atom stereocenters. The van der Waals surface area contributed by atoms with Crippen molar-refractivity contribution in [1.29, 1.82) is 0 Å². The van der Waals surface area contributed by atoms with Gasteiger partial charge < -0.3 is 49.1 Å². The fourth-order valence-electron chi connectivity index (χ4n) is 3.25. The Hall–Kier alpha value is -3.95. The van der Waals surface area contributed by atoms with Crippen molar-refractivity contribution in [3.63, 3.8) is 0 Å². The Morgan fingerprint density at radius 1 is 0.763 bits per heavy atom. The Balaban J connectivity index is 5.63. The van der Waals surface area contributed by atoms with Crippen LogP contribution in [0.2, 0.25) is 0 Å². The van der Waals surface area contributed by atoms with Crippen LogP contribution in [0.3, 0.4) is 0 Å². The highest BCUT2D eigenvalue weighted by Crippen LogP contribution is 2.09. The molecule has 16 heteroatoms. The van der Waals surface area contributed by atoms with E-state index in [1.165, 1.54) is 0 Å². The molecular weight excluding hydrogens is 504 g/mol. The van der Waals surface area contributed by atoms with Crippen LogP contribution >= 0.6 is 0 Å². The first-order valence-electron chi connectivity index (χ1n) is 12.1. The molecule has 0 bridgehead atoms. The minimum Gasteiger partial charge on any atom is -0.481 e. The molecule has 0 aliphatic rings. The van der Waals surface area contributed by atoms with Crippen molar-refractivity contribution in [3.05, 3.63) is 0 Å². The Bertz CT molecular complexity index is 875. The Morgan fingerprint density at radius 3 is 1.82 bits per heavy atom. The Kier molecular flexibility index (Phi) is 15.7. The fraction of sp³-hybridized carbons (Fsp3) is 0.682. The van der Waals surface area contributed by atoms with E-state index in [2.05, 4.69) is 20.9 Å². The van der Waals surface area contributed by atoms with Crippen LogP contribution in [0.1, 0.15) is 58.8 Å². The monoisotopic (exact) mass is 544 g/mol. The molecule has 0 aliphatic heterocycles. The van der Waals surface area contributed by atoms with Crippen LogP contribution in [-0.2, 0) is 28.8 Å². The molecule has 0 aromatic heterocycles. The summed E-state index contributed by atoms with van der Waals surface area (Å²) in [6, 6.07) is -4.96. The zero-order valence-corrected chi connectivity index (χ0v) is 21.6. The SMILES string of the molecule is CC(C)CC(NC(=O)C(CCCN=C(N)N)NC(=O)C(N)CCC(N)=O)C(=O)NC(CCC(=O)O)C(=O)O. The van der Waals surface area contributed by atoms with Crippen molar-refractivity contribution < 1.29 is 39.0 Å². The van der Waals surface area contributed by atoms with Gasteiger partial charge >= 0.3 is 11.9 Å². The third-order valence-electron chi connectivity index (χ3n) is 5.22. The number of carboxylic acid groups (broad SMARTS) is 2. The maximum atomic E-state index is 13.1. The first-order valence-corrected chi connectivity index (χ1v) is 12.1. The number of primary amides is 1. The van der Waals surface area contributed by atoms with Gasteiger partial charge in [-0.05, 0) is 38.0 Å². The van der Waals surface area contributed by atoms with E-state index >= 15 is 0 Å². The van der Waals surface area contributed by atoms with Gasteiger partial charge in [-0.15, -0.1) is 0 Å². The van der Waals surface area contributed by atoms with Crippen molar-refractivity contribution in [3.8, 4) is 0 Å². The van der Waals surface area contributed by atoms with Crippen LogP contribution < -0.4 is 38.9 Å². The number of nitrogens with one attached hydrogen (secondary N) is 3. The molecule has 0 saturated heterocycles. The number of nitrogens with two attached hydrogens (primary N) is 4. The van der Waals surface area contributed by atoms with Gasteiger partial charge in [-0.1, -0.05) is 13.8 Å². The average Bonchev–Trinajstić information content (AvgIpc) is 2.80. The lowest BCUT2D eigenvalue weighted by atomic mass is 10.0. The van der Waals surface area contributed by atoms with E-state index in [4.69, 9.17) is 28.0 Å². The van der Waals surface area contributed by atoms with E-state index in [1.807, 2.05) is 0 Å². The first kappa shape index (κ1) is 34.0. The van der Waals surface area contributed by atoms with Crippen LogP contribution in [0.5, 0.6) is 0 Å². The van der Waals surface area contributed by atoms with Gasteiger partial charge in [0.2, 0.25) is 23.6 Å². The molecule has 0 aliphatic carbocycles. The molecule has 0 fully saturated rings. The number of nitrogens with zero attached hydrogens (tertiary/aromatic N) is 1. The van der Waals surface area contributed by atoms with E-state index in [-0.39, 0.29) is 56.9 Å². The summed E-state index contributed by atoms with van der Waals surface area (Å²) in [6.45, 7) is 3.70. The van der Waals surface area contributed by atoms with Crippen LogP contribution in [0.4, 0.5) is 0 Å².